The highest BCUT2D eigenvalue weighted by atomic mass is 32.1. The first-order valence-corrected chi connectivity index (χ1v) is 13.8. The zero-order valence-electron chi connectivity index (χ0n) is 20.9. The van der Waals surface area contributed by atoms with Gasteiger partial charge in [0.05, 0.1) is 22.4 Å². The molecular formula is C35H21N3S. The van der Waals surface area contributed by atoms with Crippen LogP contribution in [0.3, 0.4) is 0 Å². The Bertz CT molecular complexity index is 2160. The molecule has 0 bridgehead atoms. The molecule has 8 rings (SSSR count). The Labute approximate surface area is 229 Å². The molecule has 0 saturated heterocycles. The highest BCUT2D eigenvalue weighted by molar-refractivity contribution is 7.26. The van der Waals surface area contributed by atoms with Gasteiger partial charge in [-0.15, -0.1) is 11.3 Å². The molecular weight excluding hydrogens is 494 g/mol. The van der Waals surface area contributed by atoms with Gasteiger partial charge in [-0.1, -0.05) is 72.8 Å². The molecule has 8 aromatic rings. The predicted molar refractivity (Wildman–Crippen MR) is 164 cm³/mol. The molecule has 4 heterocycles. The van der Waals surface area contributed by atoms with Gasteiger partial charge < -0.3 is 0 Å². The lowest BCUT2D eigenvalue weighted by Crippen LogP contribution is -1.88. The van der Waals surface area contributed by atoms with Crippen molar-refractivity contribution < 1.29 is 0 Å². The van der Waals surface area contributed by atoms with Crippen LogP contribution in [0.1, 0.15) is 0 Å². The van der Waals surface area contributed by atoms with Gasteiger partial charge in [-0.25, -0.2) is 4.98 Å². The first-order valence-electron chi connectivity index (χ1n) is 12.9. The van der Waals surface area contributed by atoms with Crippen molar-refractivity contribution in [1.82, 2.24) is 15.0 Å². The van der Waals surface area contributed by atoms with E-state index in [1.807, 2.05) is 48.0 Å². The van der Waals surface area contributed by atoms with Crippen LogP contribution in [-0.4, -0.2) is 15.0 Å². The van der Waals surface area contributed by atoms with E-state index in [1.165, 1.54) is 31.3 Å². The van der Waals surface area contributed by atoms with Crippen molar-refractivity contribution in [3.8, 4) is 33.6 Å². The number of hydrogen-bond donors (Lipinski definition) is 0. The van der Waals surface area contributed by atoms with Gasteiger partial charge in [0.2, 0.25) is 0 Å². The third-order valence-electron chi connectivity index (χ3n) is 7.38. The van der Waals surface area contributed by atoms with Crippen molar-refractivity contribution >= 4 is 53.3 Å². The van der Waals surface area contributed by atoms with Crippen molar-refractivity contribution in [2.24, 2.45) is 0 Å². The van der Waals surface area contributed by atoms with Crippen LogP contribution in [0.5, 0.6) is 0 Å². The lowest BCUT2D eigenvalue weighted by Gasteiger charge is -2.08. The first kappa shape index (κ1) is 22.1. The van der Waals surface area contributed by atoms with Crippen LogP contribution in [0.25, 0.3) is 75.6 Å². The normalized spacial score (nSPS) is 11.6. The van der Waals surface area contributed by atoms with Gasteiger partial charge in [0.1, 0.15) is 0 Å². The maximum Gasteiger partial charge on any atom is 0.0972 e. The molecule has 0 aliphatic rings. The molecule has 4 aromatic carbocycles. The summed E-state index contributed by atoms with van der Waals surface area (Å²) in [4.78, 5) is 14.2. The monoisotopic (exact) mass is 515 g/mol. The fraction of sp³-hybridized carbons (Fsp3) is 0. The SMILES string of the molecule is c1ccc(-c2ccc(-c3cccc4sc5ccc(-c6ccc7ccc8cccnc8c7n6)cc5c34)cc2)nc1. The Kier molecular flexibility index (Phi) is 5.00. The van der Waals surface area contributed by atoms with Gasteiger partial charge in [-0.2, -0.15) is 0 Å². The van der Waals surface area contributed by atoms with Crippen LogP contribution in [0, 0.1) is 0 Å². The minimum atomic E-state index is 0.939. The second kappa shape index (κ2) is 8.83. The molecule has 4 heteroatoms. The maximum absolute atomic E-state index is 5.10. The number of rotatable bonds is 3. The summed E-state index contributed by atoms with van der Waals surface area (Å²) < 4.78 is 2.56. The number of fused-ring (bicyclic) bond motifs is 6. The second-order valence-corrected chi connectivity index (χ2v) is 10.8. The summed E-state index contributed by atoms with van der Waals surface area (Å²) in [6, 6.07) is 40.6. The summed E-state index contributed by atoms with van der Waals surface area (Å²) in [5.41, 5.74) is 8.49. The molecule has 0 spiro atoms. The van der Waals surface area contributed by atoms with E-state index in [2.05, 4.69) is 101 Å². The van der Waals surface area contributed by atoms with E-state index in [0.29, 0.717) is 0 Å². The third-order valence-corrected chi connectivity index (χ3v) is 8.52. The molecule has 0 unspecified atom stereocenters. The predicted octanol–water partition coefficient (Wildman–Crippen LogP) is 9.55. The van der Waals surface area contributed by atoms with E-state index < -0.39 is 0 Å². The Balaban J connectivity index is 1.28. The summed E-state index contributed by atoms with van der Waals surface area (Å²) in [5, 5.41) is 4.75. The number of thiophene rings is 1. The largest absolute Gasteiger partial charge is 0.256 e. The van der Waals surface area contributed by atoms with Crippen molar-refractivity contribution in [2.45, 2.75) is 0 Å². The molecule has 0 radical (unpaired) electrons. The van der Waals surface area contributed by atoms with E-state index in [-0.39, 0.29) is 0 Å². The number of benzene rings is 4. The molecule has 0 atom stereocenters. The van der Waals surface area contributed by atoms with Crippen molar-refractivity contribution in [3.63, 3.8) is 0 Å². The Hall–Kier alpha value is -4.93. The fourth-order valence-electron chi connectivity index (χ4n) is 5.47. The summed E-state index contributed by atoms with van der Waals surface area (Å²) >= 11 is 1.84. The van der Waals surface area contributed by atoms with Crippen LogP contribution < -0.4 is 0 Å². The van der Waals surface area contributed by atoms with Gasteiger partial charge in [0.25, 0.3) is 0 Å². The maximum atomic E-state index is 5.10. The molecule has 0 fully saturated rings. The molecule has 0 N–H and O–H groups in total. The zero-order chi connectivity index (χ0) is 25.8. The summed E-state index contributed by atoms with van der Waals surface area (Å²) in [6.07, 6.45) is 3.67. The van der Waals surface area contributed by atoms with Gasteiger partial charge in [0, 0.05) is 54.5 Å². The lowest BCUT2D eigenvalue weighted by molar-refractivity contribution is 1.33. The Morgan fingerprint density at radius 1 is 0.487 bits per heavy atom. The molecule has 0 aliphatic heterocycles. The van der Waals surface area contributed by atoms with Gasteiger partial charge in [-0.3, -0.25) is 9.97 Å². The van der Waals surface area contributed by atoms with Crippen LogP contribution in [0.15, 0.2) is 128 Å². The smallest absolute Gasteiger partial charge is 0.0972 e. The van der Waals surface area contributed by atoms with Crippen LogP contribution >= 0.6 is 11.3 Å². The topological polar surface area (TPSA) is 38.7 Å². The third kappa shape index (κ3) is 3.69. The van der Waals surface area contributed by atoms with Crippen LogP contribution in [-0.2, 0) is 0 Å². The Morgan fingerprint density at radius 3 is 2.15 bits per heavy atom. The number of pyridine rings is 3. The minimum absolute atomic E-state index is 0.939. The summed E-state index contributed by atoms with van der Waals surface area (Å²) in [6.45, 7) is 0. The van der Waals surface area contributed by atoms with Gasteiger partial charge in [0.15, 0.2) is 0 Å². The van der Waals surface area contributed by atoms with Crippen molar-refractivity contribution in [3.05, 3.63) is 128 Å². The average Bonchev–Trinajstić information content (AvgIpc) is 3.39. The summed E-state index contributed by atoms with van der Waals surface area (Å²) in [5.74, 6) is 0. The van der Waals surface area contributed by atoms with E-state index in [9.17, 15) is 0 Å². The quantitative estimate of drug-likeness (QED) is 0.220. The van der Waals surface area contributed by atoms with Gasteiger partial charge in [-0.05, 0) is 53.6 Å². The minimum Gasteiger partial charge on any atom is -0.256 e. The van der Waals surface area contributed by atoms with Crippen LogP contribution in [0.4, 0.5) is 0 Å². The number of aromatic nitrogens is 3. The number of nitrogens with zero attached hydrogens (tertiary/aromatic N) is 3. The number of hydrogen-bond acceptors (Lipinski definition) is 4. The molecule has 182 valence electrons. The molecule has 0 saturated carbocycles. The van der Waals surface area contributed by atoms with Crippen molar-refractivity contribution in [2.75, 3.05) is 0 Å². The molecule has 0 aliphatic carbocycles. The van der Waals surface area contributed by atoms with E-state index in [0.717, 1.165) is 44.3 Å². The standard InChI is InChI=1S/C35H21N3S/c1-2-19-36-29(7-1)23-11-9-22(10-12-23)27-6-3-8-32-33(27)28-21-26(16-18-31(28)39-32)30-17-15-25-14-13-24-5-4-20-37-34(24)35(25)38-30/h1-21H. The Morgan fingerprint density at radius 2 is 1.28 bits per heavy atom. The second-order valence-electron chi connectivity index (χ2n) is 9.69. The van der Waals surface area contributed by atoms with E-state index in [4.69, 9.17) is 4.98 Å². The average molecular weight is 516 g/mol. The molecule has 39 heavy (non-hydrogen) atoms. The highest BCUT2D eigenvalue weighted by Gasteiger charge is 2.13. The fourth-order valence-corrected chi connectivity index (χ4v) is 6.58. The first-order chi connectivity index (χ1) is 19.3. The van der Waals surface area contributed by atoms with E-state index in [1.54, 1.807) is 0 Å². The van der Waals surface area contributed by atoms with E-state index >= 15 is 0 Å². The highest BCUT2D eigenvalue weighted by Crippen LogP contribution is 2.41. The molecule has 0 amide bonds. The molecule has 3 nitrogen and oxygen atoms in total. The zero-order valence-corrected chi connectivity index (χ0v) is 21.7. The lowest BCUT2D eigenvalue weighted by atomic mass is 9.97. The van der Waals surface area contributed by atoms with Gasteiger partial charge >= 0.3 is 0 Å². The van der Waals surface area contributed by atoms with Crippen LogP contribution in [0.2, 0.25) is 0 Å². The molecule has 4 aromatic heterocycles. The summed E-state index contributed by atoms with van der Waals surface area (Å²) in [7, 11) is 0. The van der Waals surface area contributed by atoms with Crippen molar-refractivity contribution in [1.29, 1.82) is 0 Å².